The molecular formula is C25H26N2O2S. The van der Waals surface area contributed by atoms with Crippen LogP contribution in [0.3, 0.4) is 0 Å². The highest BCUT2D eigenvalue weighted by atomic mass is 32.2. The van der Waals surface area contributed by atoms with Crippen LogP contribution >= 0.6 is 11.8 Å². The van der Waals surface area contributed by atoms with Gasteiger partial charge in [0, 0.05) is 42.8 Å². The first-order valence-electron chi connectivity index (χ1n) is 9.99. The van der Waals surface area contributed by atoms with Crippen molar-refractivity contribution in [3.63, 3.8) is 0 Å². The minimum Gasteiger partial charge on any atom is -0.352 e. The molecule has 3 rings (SSSR count). The highest BCUT2D eigenvalue weighted by Crippen LogP contribution is 2.30. The van der Waals surface area contributed by atoms with Crippen molar-refractivity contribution in [1.82, 2.24) is 10.2 Å². The second-order valence-electron chi connectivity index (χ2n) is 6.98. The van der Waals surface area contributed by atoms with Gasteiger partial charge in [-0.25, -0.2) is 0 Å². The van der Waals surface area contributed by atoms with E-state index in [9.17, 15) is 9.59 Å². The lowest BCUT2D eigenvalue weighted by Gasteiger charge is -2.21. The summed E-state index contributed by atoms with van der Waals surface area (Å²) in [5, 5.41) is 2.99. The van der Waals surface area contributed by atoms with E-state index in [1.807, 2.05) is 66.7 Å². The van der Waals surface area contributed by atoms with Gasteiger partial charge in [-0.05, 0) is 29.3 Å². The largest absolute Gasteiger partial charge is 0.352 e. The Labute approximate surface area is 182 Å². The third-order valence-electron chi connectivity index (χ3n) is 4.69. The van der Waals surface area contributed by atoms with E-state index in [4.69, 9.17) is 0 Å². The number of rotatable bonds is 9. The second kappa shape index (κ2) is 11.2. The lowest BCUT2D eigenvalue weighted by atomic mass is 10.2. The summed E-state index contributed by atoms with van der Waals surface area (Å²) in [5.74, 6) is -0.0925. The average Bonchev–Trinajstić information content (AvgIpc) is 2.77. The predicted octanol–water partition coefficient (Wildman–Crippen LogP) is 4.89. The van der Waals surface area contributed by atoms with Crippen molar-refractivity contribution in [1.29, 1.82) is 0 Å². The van der Waals surface area contributed by atoms with Gasteiger partial charge in [0.1, 0.15) is 0 Å². The molecule has 154 valence electrons. The Morgan fingerprint density at radius 2 is 1.50 bits per heavy atom. The summed E-state index contributed by atoms with van der Waals surface area (Å²) < 4.78 is 0. The van der Waals surface area contributed by atoms with Crippen LogP contribution in [-0.4, -0.2) is 23.3 Å². The lowest BCUT2D eigenvalue weighted by Crippen LogP contribution is -2.33. The minimum absolute atomic E-state index is 0.0312. The number of hydrogen-bond donors (Lipinski definition) is 1. The fourth-order valence-corrected chi connectivity index (χ4v) is 4.00. The van der Waals surface area contributed by atoms with Gasteiger partial charge < -0.3 is 10.2 Å². The first-order chi connectivity index (χ1) is 14.6. The van der Waals surface area contributed by atoms with Gasteiger partial charge in [-0.3, -0.25) is 9.59 Å². The topological polar surface area (TPSA) is 49.4 Å². The van der Waals surface area contributed by atoms with Crippen molar-refractivity contribution in [3.8, 4) is 0 Å². The molecule has 1 N–H and O–H groups in total. The summed E-state index contributed by atoms with van der Waals surface area (Å²) in [5.41, 5.74) is 2.13. The molecule has 0 heterocycles. The van der Waals surface area contributed by atoms with Gasteiger partial charge in [0.25, 0.3) is 0 Å². The van der Waals surface area contributed by atoms with E-state index in [0.717, 1.165) is 20.9 Å². The van der Waals surface area contributed by atoms with Crippen molar-refractivity contribution in [2.24, 2.45) is 0 Å². The first-order valence-corrected chi connectivity index (χ1v) is 10.8. The average molecular weight is 419 g/mol. The summed E-state index contributed by atoms with van der Waals surface area (Å²) in [7, 11) is 0. The van der Waals surface area contributed by atoms with Crippen LogP contribution in [0.25, 0.3) is 0 Å². The van der Waals surface area contributed by atoms with E-state index >= 15 is 0 Å². The SMILES string of the molecule is CC(=O)N(CCC(=O)NCc1ccccc1Sc1ccccc1)Cc1ccccc1. The fourth-order valence-electron chi connectivity index (χ4n) is 3.04. The molecule has 0 bridgehead atoms. The number of nitrogens with one attached hydrogen (secondary N) is 1. The normalized spacial score (nSPS) is 10.4. The Morgan fingerprint density at radius 3 is 2.20 bits per heavy atom. The van der Waals surface area contributed by atoms with E-state index < -0.39 is 0 Å². The molecule has 30 heavy (non-hydrogen) atoms. The zero-order valence-corrected chi connectivity index (χ0v) is 17.9. The maximum absolute atomic E-state index is 12.4. The van der Waals surface area contributed by atoms with E-state index in [2.05, 4.69) is 23.5 Å². The third kappa shape index (κ3) is 6.78. The molecule has 3 aromatic carbocycles. The van der Waals surface area contributed by atoms with Crippen LogP contribution in [0.4, 0.5) is 0 Å². The van der Waals surface area contributed by atoms with E-state index in [-0.39, 0.29) is 18.2 Å². The van der Waals surface area contributed by atoms with Crippen LogP contribution in [0.2, 0.25) is 0 Å². The zero-order valence-electron chi connectivity index (χ0n) is 17.1. The van der Waals surface area contributed by atoms with Crippen LogP contribution < -0.4 is 5.32 Å². The molecule has 0 saturated carbocycles. The van der Waals surface area contributed by atoms with Gasteiger partial charge >= 0.3 is 0 Å². The summed E-state index contributed by atoms with van der Waals surface area (Å²) in [6, 6.07) is 28.1. The molecule has 0 radical (unpaired) electrons. The number of carbonyl (C=O) groups excluding carboxylic acids is 2. The summed E-state index contributed by atoms with van der Waals surface area (Å²) in [6.07, 6.45) is 0.278. The quantitative estimate of drug-likeness (QED) is 0.538. The number of amides is 2. The van der Waals surface area contributed by atoms with Crippen molar-refractivity contribution in [3.05, 3.63) is 96.1 Å². The van der Waals surface area contributed by atoms with Crippen molar-refractivity contribution in [2.75, 3.05) is 6.54 Å². The molecule has 0 fully saturated rings. The Kier molecular flexibility index (Phi) is 8.10. The number of carbonyl (C=O) groups is 2. The molecule has 0 aliphatic carbocycles. The molecule has 2 amide bonds. The van der Waals surface area contributed by atoms with Crippen LogP contribution in [0.5, 0.6) is 0 Å². The molecule has 4 nitrogen and oxygen atoms in total. The Morgan fingerprint density at radius 1 is 0.867 bits per heavy atom. The van der Waals surface area contributed by atoms with Crippen molar-refractivity contribution < 1.29 is 9.59 Å². The van der Waals surface area contributed by atoms with Gasteiger partial charge in [-0.15, -0.1) is 0 Å². The van der Waals surface area contributed by atoms with E-state index in [1.54, 1.807) is 16.7 Å². The summed E-state index contributed by atoms with van der Waals surface area (Å²) in [4.78, 5) is 28.3. The highest BCUT2D eigenvalue weighted by Gasteiger charge is 2.12. The molecule has 0 aromatic heterocycles. The van der Waals surface area contributed by atoms with E-state index in [0.29, 0.717) is 19.6 Å². The molecule has 0 atom stereocenters. The molecular weight excluding hydrogens is 392 g/mol. The number of benzene rings is 3. The smallest absolute Gasteiger partial charge is 0.222 e. The fraction of sp³-hybridized carbons (Fsp3) is 0.200. The Bertz CT molecular complexity index is 961. The molecule has 0 unspecified atom stereocenters. The van der Waals surface area contributed by atoms with Crippen molar-refractivity contribution >= 4 is 23.6 Å². The molecule has 3 aromatic rings. The van der Waals surface area contributed by atoms with E-state index in [1.165, 1.54) is 6.92 Å². The Balaban J connectivity index is 1.52. The van der Waals surface area contributed by atoms with Crippen LogP contribution in [-0.2, 0) is 22.7 Å². The van der Waals surface area contributed by atoms with Gasteiger partial charge in [-0.2, -0.15) is 0 Å². The van der Waals surface area contributed by atoms with Crippen LogP contribution in [0.1, 0.15) is 24.5 Å². The lowest BCUT2D eigenvalue weighted by molar-refractivity contribution is -0.130. The highest BCUT2D eigenvalue weighted by molar-refractivity contribution is 7.99. The molecule has 0 aliphatic heterocycles. The summed E-state index contributed by atoms with van der Waals surface area (Å²) in [6.45, 7) is 2.92. The third-order valence-corrected chi connectivity index (χ3v) is 5.82. The predicted molar refractivity (Wildman–Crippen MR) is 121 cm³/mol. The van der Waals surface area contributed by atoms with Gasteiger partial charge in [0.05, 0.1) is 0 Å². The number of nitrogens with zero attached hydrogens (tertiary/aromatic N) is 1. The molecule has 0 saturated heterocycles. The minimum atomic E-state index is -0.0613. The van der Waals surface area contributed by atoms with Gasteiger partial charge in [0.2, 0.25) is 11.8 Å². The van der Waals surface area contributed by atoms with Crippen LogP contribution in [0.15, 0.2) is 94.7 Å². The van der Waals surface area contributed by atoms with Crippen molar-refractivity contribution in [2.45, 2.75) is 36.2 Å². The van der Waals surface area contributed by atoms with Crippen LogP contribution in [0, 0.1) is 0 Å². The standard InChI is InChI=1S/C25H26N2O2S/c1-20(28)27(19-21-10-4-2-5-11-21)17-16-25(29)26-18-22-12-8-9-15-24(22)30-23-13-6-3-7-14-23/h2-15H,16-19H2,1H3,(H,26,29). The summed E-state index contributed by atoms with van der Waals surface area (Å²) >= 11 is 1.69. The maximum Gasteiger partial charge on any atom is 0.222 e. The second-order valence-corrected chi connectivity index (χ2v) is 8.09. The van der Waals surface area contributed by atoms with Gasteiger partial charge in [0.15, 0.2) is 0 Å². The molecule has 5 heteroatoms. The maximum atomic E-state index is 12.4. The van der Waals surface area contributed by atoms with Gasteiger partial charge in [-0.1, -0.05) is 78.5 Å². The molecule has 0 aliphatic rings. The number of hydrogen-bond acceptors (Lipinski definition) is 3. The Hall–Kier alpha value is -3.05. The monoisotopic (exact) mass is 418 g/mol. The zero-order chi connectivity index (χ0) is 21.2. The first kappa shape index (κ1) is 21.7. The molecule has 0 spiro atoms.